The minimum atomic E-state index is -0.764. The molecule has 1 fully saturated rings. The van der Waals surface area contributed by atoms with Crippen molar-refractivity contribution in [2.75, 3.05) is 13.1 Å². The largest absolute Gasteiger partial charge is 0.481 e. The number of carboxylic acid groups (broad SMARTS) is 1. The molecule has 1 aliphatic heterocycles. The molecule has 3 aromatic carbocycles. The summed E-state index contributed by atoms with van der Waals surface area (Å²) in [6.45, 7) is 3.05. The predicted octanol–water partition coefficient (Wildman–Crippen LogP) is 6.30. The number of carbonyl (C=O) groups is 1. The Morgan fingerprint density at radius 1 is 1.06 bits per heavy atom. The zero-order valence-corrected chi connectivity index (χ0v) is 18.5. The van der Waals surface area contributed by atoms with Crippen molar-refractivity contribution in [3.05, 3.63) is 95.3 Å². The van der Waals surface area contributed by atoms with E-state index >= 15 is 4.39 Å². The quantitative estimate of drug-likeness (QED) is 0.364. The van der Waals surface area contributed by atoms with Crippen LogP contribution in [0.3, 0.4) is 0 Å². The van der Waals surface area contributed by atoms with Crippen molar-refractivity contribution in [2.24, 2.45) is 5.92 Å². The standard InChI is InChI=1S/C28H26FNO3/c1-2-25(30-16-22(17-30)28(31)32)20-10-11-23(24(29)14-20)27-15-21-9-8-19(13-26(21)33-27)12-18-6-4-3-5-7-18/h3-11,13-15,22,25H,2,12,16-17H2,1H3,(H,31,32). The Morgan fingerprint density at radius 2 is 1.85 bits per heavy atom. The lowest BCUT2D eigenvalue weighted by molar-refractivity contribution is -0.148. The highest BCUT2D eigenvalue weighted by molar-refractivity contribution is 5.83. The number of carboxylic acids is 1. The first-order valence-electron chi connectivity index (χ1n) is 11.3. The predicted molar refractivity (Wildman–Crippen MR) is 127 cm³/mol. The molecule has 33 heavy (non-hydrogen) atoms. The minimum Gasteiger partial charge on any atom is -0.481 e. The number of hydrogen-bond donors (Lipinski definition) is 1. The van der Waals surface area contributed by atoms with Gasteiger partial charge >= 0.3 is 5.97 Å². The fraction of sp³-hybridized carbons (Fsp3) is 0.250. The molecule has 0 aliphatic carbocycles. The van der Waals surface area contributed by atoms with E-state index in [1.54, 1.807) is 12.1 Å². The van der Waals surface area contributed by atoms with Crippen LogP contribution in [0.25, 0.3) is 22.3 Å². The van der Waals surface area contributed by atoms with Gasteiger partial charge in [0.15, 0.2) is 0 Å². The van der Waals surface area contributed by atoms with Gasteiger partial charge in [-0.25, -0.2) is 4.39 Å². The Balaban J connectivity index is 1.37. The third-order valence-electron chi connectivity index (χ3n) is 6.57. The molecular formula is C28H26FNO3. The Morgan fingerprint density at radius 3 is 2.55 bits per heavy atom. The number of furan rings is 1. The number of nitrogens with zero attached hydrogens (tertiary/aromatic N) is 1. The van der Waals surface area contributed by atoms with Gasteiger partial charge in [0.2, 0.25) is 0 Å². The maximum Gasteiger partial charge on any atom is 0.309 e. The van der Waals surface area contributed by atoms with E-state index in [9.17, 15) is 4.79 Å². The van der Waals surface area contributed by atoms with Crippen LogP contribution >= 0.6 is 0 Å². The maximum atomic E-state index is 15.1. The van der Waals surface area contributed by atoms with E-state index in [4.69, 9.17) is 9.52 Å². The third kappa shape index (κ3) is 4.29. The summed E-state index contributed by atoms with van der Waals surface area (Å²) in [5, 5.41) is 10.1. The van der Waals surface area contributed by atoms with Crippen LogP contribution in [0.4, 0.5) is 4.39 Å². The molecule has 1 atom stereocenters. The van der Waals surface area contributed by atoms with Crippen LogP contribution in [0, 0.1) is 11.7 Å². The Labute approximate surface area is 192 Å². The number of likely N-dealkylation sites (tertiary alicyclic amines) is 1. The SMILES string of the molecule is CCC(c1ccc(-c2cc3ccc(Cc4ccccc4)cc3o2)c(F)c1)N1CC(C(=O)O)C1. The Bertz CT molecular complexity index is 1290. The molecule has 4 aromatic rings. The topological polar surface area (TPSA) is 53.7 Å². The summed E-state index contributed by atoms with van der Waals surface area (Å²) in [5.41, 5.74) is 4.41. The number of rotatable bonds is 7. The van der Waals surface area contributed by atoms with Crippen LogP contribution in [0.5, 0.6) is 0 Å². The highest BCUT2D eigenvalue weighted by Gasteiger charge is 2.36. The van der Waals surface area contributed by atoms with E-state index in [-0.39, 0.29) is 17.8 Å². The second-order valence-corrected chi connectivity index (χ2v) is 8.80. The van der Waals surface area contributed by atoms with Crippen molar-refractivity contribution < 1.29 is 18.7 Å². The number of hydrogen-bond acceptors (Lipinski definition) is 3. The van der Waals surface area contributed by atoms with Gasteiger partial charge in [0, 0.05) is 24.5 Å². The van der Waals surface area contributed by atoms with E-state index in [0.29, 0.717) is 24.4 Å². The van der Waals surface area contributed by atoms with Gasteiger partial charge in [-0.2, -0.15) is 0 Å². The highest BCUT2D eigenvalue weighted by atomic mass is 19.1. The van der Waals surface area contributed by atoms with Gasteiger partial charge in [0.1, 0.15) is 17.2 Å². The van der Waals surface area contributed by atoms with Crippen molar-refractivity contribution >= 4 is 16.9 Å². The van der Waals surface area contributed by atoms with Crippen LogP contribution in [0.1, 0.15) is 36.1 Å². The average molecular weight is 444 g/mol. The highest BCUT2D eigenvalue weighted by Crippen LogP contribution is 2.35. The summed E-state index contributed by atoms with van der Waals surface area (Å²) in [6, 6.07) is 23.5. The van der Waals surface area contributed by atoms with Crippen molar-refractivity contribution in [1.82, 2.24) is 4.90 Å². The van der Waals surface area contributed by atoms with Crippen molar-refractivity contribution in [1.29, 1.82) is 0 Å². The Kier molecular flexibility index (Phi) is 5.73. The van der Waals surface area contributed by atoms with Crippen molar-refractivity contribution in [3.8, 4) is 11.3 Å². The third-order valence-corrected chi connectivity index (χ3v) is 6.57. The average Bonchev–Trinajstić information content (AvgIpc) is 3.19. The summed E-state index contributed by atoms with van der Waals surface area (Å²) in [4.78, 5) is 13.2. The smallest absolute Gasteiger partial charge is 0.309 e. The van der Waals surface area contributed by atoms with Gasteiger partial charge in [-0.3, -0.25) is 9.69 Å². The molecule has 5 heteroatoms. The lowest BCUT2D eigenvalue weighted by Gasteiger charge is -2.42. The molecule has 1 saturated heterocycles. The van der Waals surface area contributed by atoms with E-state index in [1.807, 2.05) is 49.4 Å². The number of aliphatic carboxylic acids is 1. The van der Waals surface area contributed by atoms with Crippen LogP contribution in [-0.2, 0) is 11.2 Å². The zero-order chi connectivity index (χ0) is 22.9. The summed E-state index contributed by atoms with van der Waals surface area (Å²) in [6.07, 6.45) is 1.60. The van der Waals surface area contributed by atoms with Gasteiger partial charge in [-0.05, 0) is 53.8 Å². The van der Waals surface area contributed by atoms with Crippen LogP contribution in [0.15, 0.2) is 77.2 Å². The number of fused-ring (bicyclic) bond motifs is 1. The first-order chi connectivity index (χ1) is 16.0. The minimum absolute atomic E-state index is 0.0142. The maximum absolute atomic E-state index is 15.1. The van der Waals surface area contributed by atoms with Gasteiger partial charge < -0.3 is 9.52 Å². The number of halogens is 1. The van der Waals surface area contributed by atoms with E-state index in [2.05, 4.69) is 23.1 Å². The molecule has 0 saturated carbocycles. The first kappa shape index (κ1) is 21.4. The second kappa shape index (κ2) is 8.83. The van der Waals surface area contributed by atoms with Crippen molar-refractivity contribution in [3.63, 3.8) is 0 Å². The van der Waals surface area contributed by atoms with E-state index in [1.165, 1.54) is 5.56 Å². The van der Waals surface area contributed by atoms with Crippen LogP contribution < -0.4 is 0 Å². The molecule has 2 heterocycles. The second-order valence-electron chi connectivity index (χ2n) is 8.80. The zero-order valence-electron chi connectivity index (χ0n) is 18.5. The summed E-state index contributed by atoms with van der Waals surface area (Å²) in [7, 11) is 0. The molecule has 5 rings (SSSR count). The number of benzene rings is 3. The molecule has 1 aromatic heterocycles. The summed E-state index contributed by atoms with van der Waals surface area (Å²) < 4.78 is 21.2. The van der Waals surface area contributed by atoms with Gasteiger partial charge in [0.05, 0.1) is 11.5 Å². The molecule has 1 aliphatic rings. The molecule has 0 radical (unpaired) electrons. The summed E-state index contributed by atoms with van der Waals surface area (Å²) in [5.74, 6) is -0.913. The molecule has 0 amide bonds. The molecule has 0 bridgehead atoms. The van der Waals surface area contributed by atoms with Crippen LogP contribution in [0.2, 0.25) is 0 Å². The molecular weight excluding hydrogens is 417 g/mol. The molecule has 4 nitrogen and oxygen atoms in total. The monoisotopic (exact) mass is 443 g/mol. The molecule has 1 N–H and O–H groups in total. The van der Waals surface area contributed by atoms with Gasteiger partial charge in [0.25, 0.3) is 0 Å². The molecule has 1 unspecified atom stereocenters. The van der Waals surface area contributed by atoms with Gasteiger partial charge in [-0.1, -0.05) is 55.5 Å². The molecule has 0 spiro atoms. The van der Waals surface area contributed by atoms with Crippen molar-refractivity contribution in [2.45, 2.75) is 25.8 Å². The van der Waals surface area contributed by atoms with Crippen LogP contribution in [-0.4, -0.2) is 29.1 Å². The Hall–Kier alpha value is -3.44. The van der Waals surface area contributed by atoms with E-state index in [0.717, 1.165) is 34.9 Å². The molecule has 168 valence electrons. The van der Waals surface area contributed by atoms with E-state index < -0.39 is 5.97 Å². The first-order valence-corrected chi connectivity index (χ1v) is 11.3. The lowest BCUT2D eigenvalue weighted by Crippen LogP contribution is -2.51. The lowest BCUT2D eigenvalue weighted by atomic mass is 9.92. The fourth-order valence-electron chi connectivity index (χ4n) is 4.72. The summed E-state index contributed by atoms with van der Waals surface area (Å²) >= 11 is 0. The fourth-order valence-corrected chi connectivity index (χ4v) is 4.72. The van der Waals surface area contributed by atoms with Gasteiger partial charge in [-0.15, -0.1) is 0 Å². The normalized spacial score (nSPS) is 15.5.